The van der Waals surface area contributed by atoms with E-state index in [9.17, 15) is 4.79 Å². The lowest BCUT2D eigenvalue weighted by atomic mass is 10.1. The fourth-order valence-corrected chi connectivity index (χ4v) is 1.32. The molecule has 0 unspecified atom stereocenters. The fraction of sp³-hybridized carbons (Fsp3) is 0.462. The van der Waals surface area contributed by atoms with Crippen molar-refractivity contribution in [1.82, 2.24) is 0 Å². The molecule has 0 aliphatic rings. The molecule has 0 aliphatic carbocycles. The second-order valence-corrected chi connectivity index (χ2v) is 3.52. The minimum Gasteiger partial charge on any atom is -0.382 e. The van der Waals surface area contributed by atoms with Gasteiger partial charge >= 0.3 is 0 Å². The predicted molar refractivity (Wildman–Crippen MR) is 62.8 cm³/mol. The minimum atomic E-state index is 0.0127. The van der Waals surface area contributed by atoms with E-state index in [4.69, 9.17) is 9.47 Å². The average Bonchev–Trinajstić information content (AvgIpc) is 2.34. The Hall–Kier alpha value is -1.19. The molecule has 3 heteroatoms. The number of aryl methyl sites for hydroxylation is 1. The van der Waals surface area contributed by atoms with E-state index in [1.54, 1.807) is 7.11 Å². The zero-order valence-electron chi connectivity index (χ0n) is 9.86. The molecule has 0 aromatic heterocycles. The smallest absolute Gasteiger partial charge is 0.188 e. The first-order valence-corrected chi connectivity index (χ1v) is 5.46. The summed E-state index contributed by atoms with van der Waals surface area (Å²) < 4.78 is 10.00. The maximum atomic E-state index is 11.6. The number of carbonyl (C=O) groups is 1. The molecule has 88 valence electrons. The molecule has 0 N–H and O–H groups in total. The van der Waals surface area contributed by atoms with E-state index in [0.29, 0.717) is 18.8 Å². The molecule has 1 rings (SSSR count). The molecule has 0 atom stereocenters. The van der Waals surface area contributed by atoms with Gasteiger partial charge in [0.25, 0.3) is 0 Å². The highest BCUT2D eigenvalue weighted by Crippen LogP contribution is 2.06. The quantitative estimate of drug-likeness (QED) is 0.523. The first-order chi connectivity index (χ1) is 7.77. The van der Waals surface area contributed by atoms with Gasteiger partial charge in [-0.2, -0.15) is 0 Å². The molecule has 0 aliphatic heterocycles. The molecule has 1 aromatic rings. The van der Waals surface area contributed by atoms with E-state index in [0.717, 1.165) is 6.42 Å². The minimum absolute atomic E-state index is 0.0127. The van der Waals surface area contributed by atoms with Crippen LogP contribution < -0.4 is 0 Å². The van der Waals surface area contributed by atoms with Crippen LogP contribution in [-0.4, -0.2) is 32.7 Å². The summed E-state index contributed by atoms with van der Waals surface area (Å²) in [5.41, 5.74) is 1.94. The number of rotatable bonds is 7. The van der Waals surface area contributed by atoms with Crippen molar-refractivity contribution in [3.63, 3.8) is 0 Å². The van der Waals surface area contributed by atoms with Gasteiger partial charge in [0.15, 0.2) is 5.78 Å². The molecule has 0 saturated carbocycles. The van der Waals surface area contributed by atoms with Crippen LogP contribution in [0.15, 0.2) is 24.3 Å². The largest absolute Gasteiger partial charge is 0.382 e. The molecule has 0 spiro atoms. The molecule has 0 amide bonds. The van der Waals surface area contributed by atoms with E-state index >= 15 is 0 Å². The molecule has 0 fully saturated rings. The Kier molecular flexibility index (Phi) is 5.75. The van der Waals surface area contributed by atoms with E-state index in [1.165, 1.54) is 5.56 Å². The Morgan fingerprint density at radius 2 is 1.88 bits per heavy atom. The van der Waals surface area contributed by atoms with Crippen molar-refractivity contribution in [2.45, 2.75) is 13.3 Å². The SMILES string of the molecule is CCc1ccc(C(=O)COCCOC)cc1. The van der Waals surface area contributed by atoms with Gasteiger partial charge in [-0.1, -0.05) is 31.2 Å². The fourth-order valence-electron chi connectivity index (χ4n) is 1.32. The molecule has 0 radical (unpaired) electrons. The van der Waals surface area contributed by atoms with Gasteiger partial charge in [0, 0.05) is 12.7 Å². The van der Waals surface area contributed by atoms with Crippen LogP contribution in [0.3, 0.4) is 0 Å². The summed E-state index contributed by atoms with van der Waals surface area (Å²) in [6.07, 6.45) is 0.985. The third kappa shape index (κ3) is 4.13. The maximum absolute atomic E-state index is 11.6. The number of ketones is 1. The van der Waals surface area contributed by atoms with Crippen LogP contribution in [-0.2, 0) is 15.9 Å². The first kappa shape index (κ1) is 12.9. The van der Waals surface area contributed by atoms with Crippen molar-refractivity contribution in [1.29, 1.82) is 0 Å². The Labute approximate surface area is 96.4 Å². The standard InChI is InChI=1S/C13H18O3/c1-3-11-4-6-12(7-5-11)13(14)10-16-9-8-15-2/h4-7H,3,8-10H2,1-2H3. The Morgan fingerprint density at radius 3 is 2.44 bits per heavy atom. The van der Waals surface area contributed by atoms with Gasteiger partial charge in [-0.05, 0) is 12.0 Å². The van der Waals surface area contributed by atoms with Crippen molar-refractivity contribution in [2.24, 2.45) is 0 Å². The summed E-state index contributed by atoms with van der Waals surface area (Å²) in [4.78, 5) is 11.6. The summed E-state index contributed by atoms with van der Waals surface area (Å²) in [6.45, 7) is 3.18. The zero-order chi connectivity index (χ0) is 11.8. The van der Waals surface area contributed by atoms with Gasteiger partial charge in [0.2, 0.25) is 0 Å². The Bertz CT molecular complexity index is 316. The first-order valence-electron chi connectivity index (χ1n) is 5.46. The van der Waals surface area contributed by atoms with Crippen LogP contribution >= 0.6 is 0 Å². The second kappa shape index (κ2) is 7.14. The number of methoxy groups -OCH3 is 1. The van der Waals surface area contributed by atoms with Gasteiger partial charge in [0.05, 0.1) is 13.2 Å². The molecule has 0 saturated heterocycles. The molecule has 0 bridgehead atoms. The van der Waals surface area contributed by atoms with Crippen molar-refractivity contribution >= 4 is 5.78 Å². The van der Waals surface area contributed by atoms with Gasteiger partial charge < -0.3 is 9.47 Å². The van der Waals surface area contributed by atoms with Crippen molar-refractivity contribution < 1.29 is 14.3 Å². The number of carbonyl (C=O) groups excluding carboxylic acids is 1. The van der Waals surface area contributed by atoms with Gasteiger partial charge in [-0.25, -0.2) is 0 Å². The summed E-state index contributed by atoms with van der Waals surface area (Å²) in [5, 5.41) is 0. The number of ether oxygens (including phenoxy) is 2. The number of hydrogen-bond acceptors (Lipinski definition) is 3. The van der Waals surface area contributed by atoms with Gasteiger partial charge in [-0.3, -0.25) is 4.79 Å². The van der Waals surface area contributed by atoms with Gasteiger partial charge in [0.1, 0.15) is 6.61 Å². The van der Waals surface area contributed by atoms with E-state index < -0.39 is 0 Å². The van der Waals surface area contributed by atoms with Crippen molar-refractivity contribution in [3.05, 3.63) is 35.4 Å². The lowest BCUT2D eigenvalue weighted by Crippen LogP contribution is -2.12. The van der Waals surface area contributed by atoms with Crippen LogP contribution in [0.1, 0.15) is 22.8 Å². The Morgan fingerprint density at radius 1 is 1.19 bits per heavy atom. The van der Waals surface area contributed by atoms with Crippen LogP contribution in [0, 0.1) is 0 Å². The summed E-state index contributed by atoms with van der Waals surface area (Å²) in [6, 6.07) is 7.65. The zero-order valence-corrected chi connectivity index (χ0v) is 9.86. The van der Waals surface area contributed by atoms with E-state index in [2.05, 4.69) is 6.92 Å². The predicted octanol–water partition coefficient (Wildman–Crippen LogP) is 2.09. The highest BCUT2D eigenvalue weighted by molar-refractivity contribution is 5.97. The molecule has 16 heavy (non-hydrogen) atoms. The summed E-state index contributed by atoms with van der Waals surface area (Å²) in [7, 11) is 1.61. The summed E-state index contributed by atoms with van der Waals surface area (Å²) in [5.74, 6) is 0.0127. The molecular weight excluding hydrogens is 204 g/mol. The molecule has 1 aromatic carbocycles. The monoisotopic (exact) mass is 222 g/mol. The highest BCUT2D eigenvalue weighted by atomic mass is 16.5. The number of benzene rings is 1. The third-order valence-corrected chi connectivity index (χ3v) is 2.35. The van der Waals surface area contributed by atoms with Crippen molar-refractivity contribution in [3.8, 4) is 0 Å². The number of hydrogen-bond donors (Lipinski definition) is 0. The molecule has 3 nitrogen and oxygen atoms in total. The van der Waals surface area contributed by atoms with E-state index in [-0.39, 0.29) is 12.4 Å². The third-order valence-electron chi connectivity index (χ3n) is 2.35. The van der Waals surface area contributed by atoms with Gasteiger partial charge in [-0.15, -0.1) is 0 Å². The van der Waals surface area contributed by atoms with Crippen LogP contribution in [0.25, 0.3) is 0 Å². The van der Waals surface area contributed by atoms with Crippen LogP contribution in [0.5, 0.6) is 0 Å². The van der Waals surface area contributed by atoms with Crippen LogP contribution in [0.4, 0.5) is 0 Å². The Balaban J connectivity index is 2.40. The lowest BCUT2D eigenvalue weighted by molar-refractivity contribution is 0.0577. The van der Waals surface area contributed by atoms with Crippen LogP contribution in [0.2, 0.25) is 0 Å². The average molecular weight is 222 g/mol. The second-order valence-electron chi connectivity index (χ2n) is 3.52. The molecular formula is C13H18O3. The summed E-state index contributed by atoms with van der Waals surface area (Å²) >= 11 is 0. The van der Waals surface area contributed by atoms with Crippen molar-refractivity contribution in [2.75, 3.05) is 26.9 Å². The normalized spacial score (nSPS) is 10.4. The highest BCUT2D eigenvalue weighted by Gasteiger charge is 2.05. The lowest BCUT2D eigenvalue weighted by Gasteiger charge is -2.04. The molecule has 0 heterocycles. The maximum Gasteiger partial charge on any atom is 0.188 e. The number of Topliss-reactive ketones (excluding diaryl/α,β-unsaturated/α-hetero) is 1. The van der Waals surface area contributed by atoms with E-state index in [1.807, 2.05) is 24.3 Å². The topological polar surface area (TPSA) is 35.5 Å².